The van der Waals surface area contributed by atoms with E-state index in [-0.39, 0.29) is 5.41 Å². The molecule has 1 unspecified atom stereocenters. The van der Waals surface area contributed by atoms with E-state index in [2.05, 4.69) is 40.9 Å². The molecule has 0 aliphatic heterocycles. The third-order valence-corrected chi connectivity index (χ3v) is 4.09. The summed E-state index contributed by atoms with van der Waals surface area (Å²) in [5, 5.41) is 13.7. The number of rotatable bonds is 4. The molecule has 88 valence electrons. The number of nitriles is 1. The van der Waals surface area contributed by atoms with Crippen LogP contribution in [-0.4, -0.2) is 9.78 Å². The van der Waals surface area contributed by atoms with E-state index < -0.39 is 0 Å². The average Bonchev–Trinajstić information content (AvgIpc) is 2.56. The third-order valence-electron chi connectivity index (χ3n) is 3.06. The van der Waals surface area contributed by atoms with Crippen LogP contribution in [0.15, 0.2) is 4.47 Å². The van der Waals surface area contributed by atoms with Crippen molar-refractivity contribution < 1.29 is 0 Å². The van der Waals surface area contributed by atoms with Crippen LogP contribution in [0.4, 0.5) is 0 Å². The molecule has 0 aliphatic rings. The van der Waals surface area contributed by atoms with Crippen molar-refractivity contribution in [2.45, 2.75) is 47.1 Å². The molecular formula is C12H18BrN3. The Bertz CT molecular complexity index is 417. The molecule has 1 aromatic rings. The van der Waals surface area contributed by atoms with Crippen molar-refractivity contribution in [1.29, 1.82) is 5.26 Å². The number of hydrogen-bond donors (Lipinski definition) is 0. The summed E-state index contributed by atoms with van der Waals surface area (Å²) in [7, 11) is 0. The predicted octanol–water partition coefficient (Wildman–Crippen LogP) is 3.46. The summed E-state index contributed by atoms with van der Waals surface area (Å²) in [5.74, 6) is 0. The van der Waals surface area contributed by atoms with Crippen LogP contribution in [0.1, 0.15) is 38.6 Å². The first kappa shape index (κ1) is 13.2. The van der Waals surface area contributed by atoms with Gasteiger partial charge in [0.05, 0.1) is 27.3 Å². The van der Waals surface area contributed by atoms with Gasteiger partial charge in [-0.1, -0.05) is 6.92 Å². The van der Waals surface area contributed by atoms with Crippen molar-refractivity contribution in [3.05, 3.63) is 15.9 Å². The van der Waals surface area contributed by atoms with Gasteiger partial charge in [-0.3, -0.25) is 4.68 Å². The van der Waals surface area contributed by atoms with E-state index >= 15 is 0 Å². The first-order valence-corrected chi connectivity index (χ1v) is 6.39. The first-order chi connectivity index (χ1) is 7.47. The van der Waals surface area contributed by atoms with Gasteiger partial charge in [0.15, 0.2) is 0 Å². The molecule has 1 rings (SSSR count). The highest BCUT2D eigenvalue weighted by molar-refractivity contribution is 9.10. The number of aromatic nitrogens is 2. The molecule has 3 nitrogen and oxygen atoms in total. The fraction of sp³-hybridized carbons (Fsp3) is 0.667. The SMILES string of the molecule is CCn1nc(C)c(Br)c1CC(C)(C#N)CC. The molecule has 16 heavy (non-hydrogen) atoms. The monoisotopic (exact) mass is 283 g/mol. The molecule has 0 N–H and O–H groups in total. The summed E-state index contributed by atoms with van der Waals surface area (Å²) in [6, 6.07) is 2.40. The molecule has 1 aromatic heterocycles. The summed E-state index contributed by atoms with van der Waals surface area (Å²) in [5.41, 5.74) is 1.82. The molecule has 1 heterocycles. The summed E-state index contributed by atoms with van der Waals surface area (Å²) in [6.07, 6.45) is 1.60. The van der Waals surface area contributed by atoms with Gasteiger partial charge in [-0.2, -0.15) is 10.4 Å². The van der Waals surface area contributed by atoms with Gasteiger partial charge < -0.3 is 0 Å². The Labute approximate surface area is 106 Å². The largest absolute Gasteiger partial charge is 0.268 e. The highest BCUT2D eigenvalue weighted by atomic mass is 79.9. The minimum absolute atomic E-state index is 0.304. The van der Waals surface area contributed by atoms with E-state index in [9.17, 15) is 5.26 Å². The molecule has 1 atom stereocenters. The smallest absolute Gasteiger partial charge is 0.0738 e. The molecule has 0 aromatic carbocycles. The number of halogens is 1. The number of nitrogens with zero attached hydrogens (tertiary/aromatic N) is 3. The Morgan fingerprint density at radius 2 is 2.12 bits per heavy atom. The van der Waals surface area contributed by atoms with Gasteiger partial charge in [0, 0.05) is 13.0 Å². The maximum Gasteiger partial charge on any atom is 0.0738 e. The van der Waals surface area contributed by atoms with Crippen LogP contribution in [0.5, 0.6) is 0 Å². The Hall–Kier alpha value is -0.820. The second-order valence-electron chi connectivity index (χ2n) is 4.36. The number of hydrogen-bond acceptors (Lipinski definition) is 2. The number of aryl methyl sites for hydroxylation is 2. The van der Waals surface area contributed by atoms with Crippen LogP contribution in [0.25, 0.3) is 0 Å². The zero-order chi connectivity index (χ0) is 12.3. The average molecular weight is 284 g/mol. The van der Waals surface area contributed by atoms with Crippen molar-refractivity contribution in [2.24, 2.45) is 5.41 Å². The molecule has 4 heteroatoms. The van der Waals surface area contributed by atoms with E-state index in [1.54, 1.807) is 0 Å². The van der Waals surface area contributed by atoms with Gasteiger partial charge >= 0.3 is 0 Å². The minimum atomic E-state index is -0.304. The van der Waals surface area contributed by atoms with E-state index in [0.29, 0.717) is 0 Å². The molecule has 0 saturated carbocycles. The van der Waals surface area contributed by atoms with Crippen LogP contribution < -0.4 is 0 Å². The Morgan fingerprint density at radius 3 is 2.56 bits per heavy atom. The van der Waals surface area contributed by atoms with Crippen molar-refractivity contribution in [2.75, 3.05) is 0 Å². The summed E-state index contributed by atoms with van der Waals surface area (Å²) in [6.45, 7) is 8.94. The Morgan fingerprint density at radius 1 is 1.50 bits per heavy atom. The van der Waals surface area contributed by atoms with E-state index in [1.165, 1.54) is 0 Å². The maximum absolute atomic E-state index is 9.21. The van der Waals surface area contributed by atoms with Crippen LogP contribution >= 0.6 is 15.9 Å². The standard InChI is InChI=1S/C12H18BrN3/c1-5-12(4,8-14)7-10-11(13)9(3)15-16(10)6-2/h5-7H2,1-4H3. The maximum atomic E-state index is 9.21. The zero-order valence-corrected chi connectivity index (χ0v) is 11.9. The molecule has 0 aliphatic carbocycles. The normalized spacial score (nSPS) is 14.5. The highest BCUT2D eigenvalue weighted by Gasteiger charge is 2.26. The van der Waals surface area contributed by atoms with Gasteiger partial charge in [0.25, 0.3) is 0 Å². The fourth-order valence-electron chi connectivity index (χ4n) is 1.65. The first-order valence-electron chi connectivity index (χ1n) is 5.60. The second kappa shape index (κ2) is 5.01. The molecule has 0 bridgehead atoms. The fourth-order valence-corrected chi connectivity index (χ4v) is 2.08. The van der Waals surface area contributed by atoms with Crippen LogP contribution in [-0.2, 0) is 13.0 Å². The minimum Gasteiger partial charge on any atom is -0.268 e. The van der Waals surface area contributed by atoms with Gasteiger partial charge in [-0.15, -0.1) is 0 Å². The summed E-state index contributed by atoms with van der Waals surface area (Å²) < 4.78 is 3.02. The van der Waals surface area contributed by atoms with Gasteiger partial charge in [0.2, 0.25) is 0 Å². The van der Waals surface area contributed by atoms with Crippen LogP contribution in [0.3, 0.4) is 0 Å². The molecule has 0 radical (unpaired) electrons. The van der Waals surface area contributed by atoms with Crippen molar-refractivity contribution in [3.63, 3.8) is 0 Å². The summed E-state index contributed by atoms with van der Waals surface area (Å²) in [4.78, 5) is 0. The highest BCUT2D eigenvalue weighted by Crippen LogP contribution is 2.30. The second-order valence-corrected chi connectivity index (χ2v) is 5.16. The van der Waals surface area contributed by atoms with Gasteiger partial charge in [-0.05, 0) is 43.1 Å². The Kier molecular flexibility index (Phi) is 4.15. The van der Waals surface area contributed by atoms with Crippen molar-refractivity contribution in [3.8, 4) is 6.07 Å². The molecule has 0 saturated heterocycles. The molecule has 0 amide bonds. The third kappa shape index (κ3) is 2.46. The lowest BCUT2D eigenvalue weighted by Gasteiger charge is -2.19. The molecule has 0 fully saturated rings. The Balaban J connectivity index is 3.10. The molecule has 0 spiro atoms. The summed E-state index contributed by atoms with van der Waals surface area (Å²) >= 11 is 3.56. The van der Waals surface area contributed by atoms with Crippen molar-refractivity contribution in [1.82, 2.24) is 9.78 Å². The van der Waals surface area contributed by atoms with E-state index in [0.717, 1.165) is 35.2 Å². The van der Waals surface area contributed by atoms with Gasteiger partial charge in [-0.25, -0.2) is 0 Å². The lowest BCUT2D eigenvalue weighted by Crippen LogP contribution is -2.19. The molecular weight excluding hydrogens is 266 g/mol. The van der Waals surface area contributed by atoms with Gasteiger partial charge in [0.1, 0.15) is 0 Å². The van der Waals surface area contributed by atoms with E-state index in [1.807, 2.05) is 18.5 Å². The van der Waals surface area contributed by atoms with Crippen molar-refractivity contribution >= 4 is 15.9 Å². The van der Waals surface area contributed by atoms with E-state index in [4.69, 9.17) is 0 Å². The predicted molar refractivity (Wildman–Crippen MR) is 68.1 cm³/mol. The quantitative estimate of drug-likeness (QED) is 0.849. The lowest BCUT2D eigenvalue weighted by atomic mass is 9.84. The van der Waals surface area contributed by atoms with Crippen LogP contribution in [0.2, 0.25) is 0 Å². The lowest BCUT2D eigenvalue weighted by molar-refractivity contribution is 0.404. The topological polar surface area (TPSA) is 41.6 Å². The zero-order valence-electron chi connectivity index (χ0n) is 10.3. The van der Waals surface area contributed by atoms with Crippen LogP contribution in [0, 0.1) is 23.7 Å².